The van der Waals surface area contributed by atoms with Gasteiger partial charge < -0.3 is 14.8 Å². The number of fused-ring (bicyclic) bond motifs is 1. The molecular weight excluding hydrogens is 421 g/mol. The third-order valence-corrected chi connectivity index (χ3v) is 4.59. The summed E-state index contributed by atoms with van der Waals surface area (Å²) in [5, 5.41) is 2.83. The first kappa shape index (κ1) is 16.8. The molecule has 0 saturated heterocycles. The number of halogens is 1. The molecule has 0 spiro atoms. The van der Waals surface area contributed by atoms with Gasteiger partial charge in [0.1, 0.15) is 19.0 Å². The SMILES string of the molecule is O=C1CCc2cc(OCCOC(=O)c3ccccc3I)ccc2N1. The molecule has 1 aliphatic rings. The molecule has 5 nitrogen and oxygen atoms in total. The number of esters is 1. The van der Waals surface area contributed by atoms with Crippen LogP contribution >= 0.6 is 22.6 Å². The van der Waals surface area contributed by atoms with E-state index >= 15 is 0 Å². The largest absolute Gasteiger partial charge is 0.490 e. The van der Waals surface area contributed by atoms with E-state index in [9.17, 15) is 9.59 Å². The van der Waals surface area contributed by atoms with Crippen LogP contribution < -0.4 is 10.1 Å². The number of benzene rings is 2. The maximum absolute atomic E-state index is 12.0. The maximum Gasteiger partial charge on any atom is 0.339 e. The molecule has 0 fully saturated rings. The average Bonchev–Trinajstić information content (AvgIpc) is 2.59. The van der Waals surface area contributed by atoms with E-state index in [-0.39, 0.29) is 25.1 Å². The van der Waals surface area contributed by atoms with Gasteiger partial charge in [-0.15, -0.1) is 0 Å². The van der Waals surface area contributed by atoms with Crippen molar-refractivity contribution in [3.8, 4) is 5.75 Å². The molecule has 24 heavy (non-hydrogen) atoms. The molecule has 0 bridgehead atoms. The molecule has 6 heteroatoms. The summed E-state index contributed by atoms with van der Waals surface area (Å²) in [6, 6.07) is 12.8. The highest BCUT2D eigenvalue weighted by molar-refractivity contribution is 14.1. The standard InChI is InChI=1S/C18H16INO4/c19-15-4-2-1-3-14(15)18(22)24-10-9-23-13-6-7-16-12(11-13)5-8-17(21)20-16/h1-4,6-7,11H,5,8-10H2,(H,20,21). The normalized spacial score (nSPS) is 13.0. The molecule has 2 aromatic rings. The van der Waals surface area contributed by atoms with Gasteiger partial charge in [-0.3, -0.25) is 4.79 Å². The van der Waals surface area contributed by atoms with Crippen LogP contribution in [0.5, 0.6) is 5.75 Å². The van der Waals surface area contributed by atoms with E-state index in [1.807, 2.05) is 24.3 Å². The van der Waals surface area contributed by atoms with Gasteiger partial charge in [-0.25, -0.2) is 4.79 Å². The lowest BCUT2D eigenvalue weighted by Crippen LogP contribution is -2.19. The summed E-state index contributed by atoms with van der Waals surface area (Å²) in [6.07, 6.45) is 1.20. The van der Waals surface area contributed by atoms with Crippen LogP contribution in [0.25, 0.3) is 0 Å². The zero-order valence-electron chi connectivity index (χ0n) is 12.9. The summed E-state index contributed by atoms with van der Waals surface area (Å²) in [5.41, 5.74) is 2.45. The van der Waals surface area contributed by atoms with E-state index in [4.69, 9.17) is 9.47 Å². The van der Waals surface area contributed by atoms with Crippen molar-refractivity contribution in [2.75, 3.05) is 18.5 Å². The van der Waals surface area contributed by atoms with Crippen molar-refractivity contribution >= 4 is 40.2 Å². The van der Waals surface area contributed by atoms with Gasteiger partial charge in [0.05, 0.1) is 5.56 Å². The number of hydrogen-bond donors (Lipinski definition) is 1. The number of hydrogen-bond acceptors (Lipinski definition) is 4. The van der Waals surface area contributed by atoms with Gasteiger partial charge in [-0.2, -0.15) is 0 Å². The number of carbonyl (C=O) groups is 2. The zero-order chi connectivity index (χ0) is 16.9. The first-order chi connectivity index (χ1) is 11.6. The fraction of sp³-hybridized carbons (Fsp3) is 0.222. The molecule has 124 valence electrons. The summed E-state index contributed by atoms with van der Waals surface area (Å²) >= 11 is 2.11. The van der Waals surface area contributed by atoms with E-state index in [0.29, 0.717) is 24.2 Å². The van der Waals surface area contributed by atoms with Gasteiger partial charge in [-0.1, -0.05) is 12.1 Å². The monoisotopic (exact) mass is 437 g/mol. The highest BCUT2D eigenvalue weighted by Gasteiger charge is 2.15. The van der Waals surface area contributed by atoms with Crippen LogP contribution in [0.3, 0.4) is 0 Å². The lowest BCUT2D eigenvalue weighted by atomic mass is 10.0. The molecule has 2 aromatic carbocycles. The van der Waals surface area contributed by atoms with E-state index in [1.54, 1.807) is 18.2 Å². The fourth-order valence-electron chi connectivity index (χ4n) is 2.45. The van der Waals surface area contributed by atoms with Gasteiger partial charge in [0, 0.05) is 15.7 Å². The molecule has 0 unspecified atom stereocenters. The molecule has 0 aromatic heterocycles. The summed E-state index contributed by atoms with van der Waals surface area (Å²) < 4.78 is 11.7. The van der Waals surface area contributed by atoms with Crippen molar-refractivity contribution in [2.45, 2.75) is 12.8 Å². The van der Waals surface area contributed by atoms with Crippen LogP contribution in [0.2, 0.25) is 0 Å². The number of ether oxygens (including phenoxy) is 2. The third kappa shape index (κ3) is 4.05. The van der Waals surface area contributed by atoms with Gasteiger partial charge in [0.2, 0.25) is 5.91 Å². The molecule has 0 atom stereocenters. The van der Waals surface area contributed by atoms with Crippen LogP contribution in [-0.4, -0.2) is 25.1 Å². The quantitative estimate of drug-likeness (QED) is 0.443. The molecule has 3 rings (SSSR count). The number of rotatable bonds is 5. The van der Waals surface area contributed by atoms with Gasteiger partial charge in [0.15, 0.2) is 0 Å². The van der Waals surface area contributed by atoms with Crippen molar-refractivity contribution in [2.24, 2.45) is 0 Å². The second-order valence-corrected chi connectivity index (χ2v) is 6.49. The minimum atomic E-state index is -0.350. The smallest absolute Gasteiger partial charge is 0.339 e. The predicted molar refractivity (Wildman–Crippen MR) is 98.3 cm³/mol. The first-order valence-electron chi connectivity index (χ1n) is 7.61. The van der Waals surface area contributed by atoms with E-state index in [2.05, 4.69) is 27.9 Å². The Hall–Kier alpha value is -2.09. The molecule has 0 aliphatic carbocycles. The zero-order valence-corrected chi connectivity index (χ0v) is 15.0. The molecule has 0 saturated carbocycles. The Bertz CT molecular complexity index is 775. The minimum absolute atomic E-state index is 0.0404. The Labute approximate surface area is 153 Å². The molecular formula is C18H16INO4. The van der Waals surface area contributed by atoms with Gasteiger partial charge in [-0.05, 0) is 64.9 Å². The Balaban J connectivity index is 1.49. The van der Waals surface area contributed by atoms with Crippen molar-refractivity contribution in [3.05, 3.63) is 57.2 Å². The van der Waals surface area contributed by atoms with Crippen molar-refractivity contribution in [1.82, 2.24) is 0 Å². The topological polar surface area (TPSA) is 64.6 Å². The molecule has 1 N–H and O–H groups in total. The summed E-state index contributed by atoms with van der Waals surface area (Å²) in [6.45, 7) is 0.456. The van der Waals surface area contributed by atoms with Crippen molar-refractivity contribution in [3.63, 3.8) is 0 Å². The van der Waals surface area contributed by atoms with Crippen LogP contribution in [0.1, 0.15) is 22.3 Å². The molecule has 1 heterocycles. The lowest BCUT2D eigenvalue weighted by Gasteiger charge is -2.17. The first-order valence-corrected chi connectivity index (χ1v) is 8.68. The number of carbonyl (C=O) groups excluding carboxylic acids is 2. The van der Waals surface area contributed by atoms with Crippen LogP contribution in [0.4, 0.5) is 5.69 Å². The summed E-state index contributed by atoms with van der Waals surface area (Å²) in [5.74, 6) is 0.394. The molecule has 1 amide bonds. The van der Waals surface area contributed by atoms with Gasteiger partial charge in [0.25, 0.3) is 0 Å². The Morgan fingerprint density at radius 3 is 2.79 bits per heavy atom. The Kier molecular flexibility index (Phi) is 5.34. The van der Waals surface area contributed by atoms with Crippen LogP contribution in [0.15, 0.2) is 42.5 Å². The lowest BCUT2D eigenvalue weighted by molar-refractivity contribution is -0.116. The second-order valence-electron chi connectivity index (χ2n) is 5.33. The predicted octanol–water partition coefficient (Wildman–Crippen LogP) is 3.41. The van der Waals surface area contributed by atoms with E-state index < -0.39 is 0 Å². The highest BCUT2D eigenvalue weighted by Crippen LogP contribution is 2.26. The Morgan fingerprint density at radius 1 is 1.12 bits per heavy atom. The minimum Gasteiger partial charge on any atom is -0.490 e. The summed E-state index contributed by atoms with van der Waals surface area (Å²) in [7, 11) is 0. The molecule has 1 aliphatic heterocycles. The van der Waals surface area contributed by atoms with Crippen LogP contribution in [-0.2, 0) is 16.0 Å². The third-order valence-electron chi connectivity index (χ3n) is 3.65. The van der Waals surface area contributed by atoms with Gasteiger partial charge >= 0.3 is 5.97 Å². The Morgan fingerprint density at radius 2 is 1.96 bits per heavy atom. The maximum atomic E-state index is 12.0. The molecule has 0 radical (unpaired) electrons. The second kappa shape index (κ2) is 7.65. The van der Waals surface area contributed by atoms with E-state index in [1.165, 1.54) is 0 Å². The van der Waals surface area contributed by atoms with Crippen molar-refractivity contribution < 1.29 is 19.1 Å². The summed E-state index contributed by atoms with van der Waals surface area (Å²) in [4.78, 5) is 23.3. The van der Waals surface area contributed by atoms with Crippen LogP contribution in [0, 0.1) is 3.57 Å². The number of anilines is 1. The fourth-order valence-corrected chi connectivity index (χ4v) is 3.06. The average molecular weight is 437 g/mol. The van der Waals surface area contributed by atoms with Crippen molar-refractivity contribution in [1.29, 1.82) is 0 Å². The van der Waals surface area contributed by atoms with E-state index in [0.717, 1.165) is 14.8 Å². The highest BCUT2D eigenvalue weighted by atomic mass is 127. The number of aryl methyl sites for hydroxylation is 1. The number of amides is 1. The number of nitrogens with one attached hydrogen (secondary N) is 1.